The number of benzene rings is 1. The molecule has 2 aromatic rings. The summed E-state index contributed by atoms with van der Waals surface area (Å²) in [7, 11) is 0. The highest BCUT2D eigenvalue weighted by atomic mass is 19.1. The van der Waals surface area contributed by atoms with E-state index in [4.69, 9.17) is 4.52 Å². The Bertz CT molecular complexity index is 539. The van der Waals surface area contributed by atoms with Crippen LogP contribution < -0.4 is 5.32 Å². The van der Waals surface area contributed by atoms with Crippen molar-refractivity contribution in [1.29, 1.82) is 0 Å². The van der Waals surface area contributed by atoms with Gasteiger partial charge in [-0.05, 0) is 37.1 Å². The first-order valence-electron chi connectivity index (χ1n) is 7.50. The van der Waals surface area contributed by atoms with Crippen molar-refractivity contribution < 1.29 is 8.91 Å². The van der Waals surface area contributed by atoms with Crippen molar-refractivity contribution in [2.75, 3.05) is 6.54 Å². The number of halogens is 1. The molecule has 4 nitrogen and oxygen atoms in total. The summed E-state index contributed by atoms with van der Waals surface area (Å²) in [5.41, 5.74) is 0.972. The lowest BCUT2D eigenvalue weighted by atomic mass is 10.1. The van der Waals surface area contributed by atoms with Crippen LogP contribution in [-0.4, -0.2) is 22.7 Å². The molecule has 1 aromatic heterocycles. The molecule has 0 bridgehead atoms. The molecular formula is C16H22FN3O. The van der Waals surface area contributed by atoms with E-state index in [0.717, 1.165) is 31.4 Å². The Morgan fingerprint density at radius 2 is 2.00 bits per heavy atom. The first kappa shape index (κ1) is 15.6. The maximum Gasteiger partial charge on any atom is 0.228 e. The average molecular weight is 291 g/mol. The van der Waals surface area contributed by atoms with Crippen LogP contribution in [0.2, 0.25) is 0 Å². The zero-order chi connectivity index (χ0) is 15.1. The summed E-state index contributed by atoms with van der Waals surface area (Å²) in [5, 5.41) is 7.46. The standard InChI is InChI=1S/C16H22FN3O/c1-3-9-18-14(4-2)11-16-19-15(20-21-16)10-12-5-7-13(17)8-6-12/h5-8,14,18H,3-4,9-11H2,1-2H3. The summed E-state index contributed by atoms with van der Waals surface area (Å²) in [6.45, 7) is 5.28. The second-order valence-corrected chi connectivity index (χ2v) is 5.17. The zero-order valence-electron chi connectivity index (χ0n) is 12.6. The molecule has 0 aliphatic heterocycles. The van der Waals surface area contributed by atoms with Crippen molar-refractivity contribution in [2.24, 2.45) is 0 Å². The fourth-order valence-electron chi connectivity index (χ4n) is 2.15. The molecule has 1 atom stereocenters. The molecule has 0 aliphatic carbocycles. The first-order chi connectivity index (χ1) is 10.2. The van der Waals surface area contributed by atoms with Crippen LogP contribution in [0.4, 0.5) is 4.39 Å². The first-order valence-corrected chi connectivity index (χ1v) is 7.50. The maximum atomic E-state index is 12.9. The summed E-state index contributed by atoms with van der Waals surface area (Å²) < 4.78 is 18.2. The smallest absolute Gasteiger partial charge is 0.228 e. The predicted octanol–water partition coefficient (Wildman–Crippen LogP) is 3.12. The molecule has 0 fully saturated rings. The van der Waals surface area contributed by atoms with E-state index >= 15 is 0 Å². The molecule has 0 saturated heterocycles. The topological polar surface area (TPSA) is 51.0 Å². The lowest BCUT2D eigenvalue weighted by Crippen LogP contribution is -2.31. The third-order valence-corrected chi connectivity index (χ3v) is 3.38. The maximum absolute atomic E-state index is 12.9. The zero-order valence-corrected chi connectivity index (χ0v) is 12.6. The van der Waals surface area contributed by atoms with Gasteiger partial charge in [-0.3, -0.25) is 0 Å². The molecule has 0 saturated carbocycles. The Morgan fingerprint density at radius 1 is 1.24 bits per heavy atom. The quantitative estimate of drug-likeness (QED) is 0.812. The predicted molar refractivity (Wildman–Crippen MR) is 79.6 cm³/mol. The second-order valence-electron chi connectivity index (χ2n) is 5.17. The fraction of sp³-hybridized carbons (Fsp3) is 0.500. The van der Waals surface area contributed by atoms with Crippen LogP contribution in [0, 0.1) is 5.82 Å². The second kappa shape index (κ2) is 7.88. The Balaban J connectivity index is 1.92. The minimum absolute atomic E-state index is 0.236. The van der Waals surface area contributed by atoms with Gasteiger partial charge in [-0.25, -0.2) is 4.39 Å². The van der Waals surface area contributed by atoms with Gasteiger partial charge in [-0.2, -0.15) is 4.98 Å². The normalized spacial score (nSPS) is 12.5. The van der Waals surface area contributed by atoms with Gasteiger partial charge < -0.3 is 9.84 Å². The minimum atomic E-state index is -0.236. The molecule has 5 heteroatoms. The molecule has 0 aliphatic rings. The van der Waals surface area contributed by atoms with Gasteiger partial charge in [0.25, 0.3) is 0 Å². The lowest BCUT2D eigenvalue weighted by molar-refractivity contribution is 0.350. The summed E-state index contributed by atoms with van der Waals surface area (Å²) in [5.74, 6) is 1.06. The highest BCUT2D eigenvalue weighted by molar-refractivity contribution is 5.19. The van der Waals surface area contributed by atoms with Crippen LogP contribution in [0.15, 0.2) is 28.8 Å². The van der Waals surface area contributed by atoms with E-state index in [1.807, 2.05) is 0 Å². The third-order valence-electron chi connectivity index (χ3n) is 3.38. The number of rotatable bonds is 8. The van der Waals surface area contributed by atoms with Gasteiger partial charge in [0.1, 0.15) is 5.82 Å². The van der Waals surface area contributed by atoms with Crippen molar-refractivity contribution >= 4 is 0 Å². The number of hydrogen-bond donors (Lipinski definition) is 1. The summed E-state index contributed by atoms with van der Waals surface area (Å²) >= 11 is 0. The van der Waals surface area contributed by atoms with Gasteiger partial charge in [0.05, 0.1) is 0 Å². The monoisotopic (exact) mass is 291 g/mol. The van der Waals surface area contributed by atoms with E-state index in [-0.39, 0.29) is 5.82 Å². The molecule has 1 heterocycles. The highest BCUT2D eigenvalue weighted by Gasteiger charge is 2.13. The van der Waals surface area contributed by atoms with Crippen molar-refractivity contribution in [3.05, 3.63) is 47.4 Å². The largest absolute Gasteiger partial charge is 0.339 e. The van der Waals surface area contributed by atoms with Crippen LogP contribution >= 0.6 is 0 Å². The lowest BCUT2D eigenvalue weighted by Gasteiger charge is -2.13. The van der Waals surface area contributed by atoms with Crippen molar-refractivity contribution in [2.45, 2.75) is 45.6 Å². The molecule has 1 N–H and O–H groups in total. The van der Waals surface area contributed by atoms with Gasteiger partial charge in [-0.1, -0.05) is 31.1 Å². The Morgan fingerprint density at radius 3 is 2.67 bits per heavy atom. The van der Waals surface area contributed by atoms with Gasteiger partial charge >= 0.3 is 0 Å². The summed E-state index contributed by atoms with van der Waals surface area (Å²) in [6, 6.07) is 6.73. The van der Waals surface area contributed by atoms with E-state index in [2.05, 4.69) is 29.3 Å². The SMILES string of the molecule is CCCNC(CC)Cc1nc(Cc2ccc(F)cc2)no1. The van der Waals surface area contributed by atoms with E-state index in [1.165, 1.54) is 12.1 Å². The van der Waals surface area contributed by atoms with E-state index in [1.54, 1.807) is 12.1 Å². The summed E-state index contributed by atoms with van der Waals surface area (Å²) in [6.07, 6.45) is 3.43. The molecular weight excluding hydrogens is 269 g/mol. The number of nitrogens with one attached hydrogen (secondary N) is 1. The third kappa shape index (κ3) is 4.93. The Kier molecular flexibility index (Phi) is 5.87. The van der Waals surface area contributed by atoms with Crippen molar-refractivity contribution in [1.82, 2.24) is 15.5 Å². The molecule has 0 radical (unpaired) electrons. The van der Waals surface area contributed by atoms with E-state index in [0.29, 0.717) is 24.2 Å². The van der Waals surface area contributed by atoms with Crippen LogP contribution in [0.5, 0.6) is 0 Å². The molecule has 0 amide bonds. The molecule has 1 aromatic carbocycles. The van der Waals surface area contributed by atoms with Crippen molar-refractivity contribution in [3.8, 4) is 0 Å². The van der Waals surface area contributed by atoms with E-state index in [9.17, 15) is 4.39 Å². The number of aromatic nitrogens is 2. The average Bonchev–Trinajstić information content (AvgIpc) is 2.93. The molecule has 21 heavy (non-hydrogen) atoms. The molecule has 2 rings (SSSR count). The highest BCUT2D eigenvalue weighted by Crippen LogP contribution is 2.10. The van der Waals surface area contributed by atoms with Gasteiger partial charge in [0.15, 0.2) is 5.82 Å². The summed E-state index contributed by atoms with van der Waals surface area (Å²) in [4.78, 5) is 4.41. The number of hydrogen-bond acceptors (Lipinski definition) is 4. The van der Waals surface area contributed by atoms with Crippen LogP contribution in [0.25, 0.3) is 0 Å². The van der Waals surface area contributed by atoms with Gasteiger partial charge in [0.2, 0.25) is 5.89 Å². The molecule has 0 spiro atoms. The molecule has 114 valence electrons. The van der Waals surface area contributed by atoms with Crippen LogP contribution in [0.1, 0.15) is 44.0 Å². The molecule has 1 unspecified atom stereocenters. The Labute approximate surface area is 124 Å². The van der Waals surface area contributed by atoms with Crippen LogP contribution in [-0.2, 0) is 12.8 Å². The Hall–Kier alpha value is -1.75. The van der Waals surface area contributed by atoms with Gasteiger partial charge in [0, 0.05) is 18.9 Å². The minimum Gasteiger partial charge on any atom is -0.339 e. The fourth-order valence-corrected chi connectivity index (χ4v) is 2.15. The van der Waals surface area contributed by atoms with Crippen LogP contribution in [0.3, 0.4) is 0 Å². The van der Waals surface area contributed by atoms with E-state index < -0.39 is 0 Å². The number of nitrogens with zero attached hydrogens (tertiary/aromatic N) is 2. The van der Waals surface area contributed by atoms with Crippen molar-refractivity contribution in [3.63, 3.8) is 0 Å². The van der Waals surface area contributed by atoms with Gasteiger partial charge in [-0.15, -0.1) is 0 Å².